The van der Waals surface area contributed by atoms with Crippen LogP contribution in [0.2, 0.25) is 0 Å². The lowest BCUT2D eigenvalue weighted by Gasteiger charge is -2.35. The minimum Gasteiger partial charge on any atom is -0.301 e. The van der Waals surface area contributed by atoms with Gasteiger partial charge in [-0.05, 0) is 61.9 Å². The molecule has 3 rings (SSSR count). The molecule has 2 aromatic carbocycles. The minimum atomic E-state index is -0.0319. The van der Waals surface area contributed by atoms with Crippen LogP contribution in [0.15, 0.2) is 53.0 Å². The van der Waals surface area contributed by atoms with Crippen molar-refractivity contribution in [2.45, 2.75) is 44.7 Å². The maximum atomic E-state index is 3.87. The second-order valence-corrected chi connectivity index (χ2v) is 7.34. The number of halogens is 1. The highest BCUT2D eigenvalue weighted by Gasteiger charge is 2.27. The molecular weight excluding hydrogens is 322 g/mol. The second-order valence-electron chi connectivity index (χ2n) is 6.42. The van der Waals surface area contributed by atoms with Crippen molar-refractivity contribution < 1.29 is 0 Å². The standard InChI is InChI=1S/C19H22BrN/c1-19(2,15-10-12-16(20)13-11-15)21-18-9-5-7-14-6-3-4-8-17(14)18/h3-4,6,8,10-13,18,21H,5,7,9H2,1-2H3. The lowest BCUT2D eigenvalue weighted by atomic mass is 9.85. The number of rotatable bonds is 3. The Morgan fingerprint density at radius 2 is 1.76 bits per heavy atom. The van der Waals surface area contributed by atoms with Crippen molar-refractivity contribution in [1.82, 2.24) is 5.32 Å². The molecule has 2 aromatic rings. The predicted octanol–water partition coefficient (Wildman–Crippen LogP) is 5.35. The van der Waals surface area contributed by atoms with Gasteiger partial charge >= 0.3 is 0 Å². The van der Waals surface area contributed by atoms with Crippen LogP contribution in [0.4, 0.5) is 0 Å². The maximum Gasteiger partial charge on any atom is 0.0382 e. The molecule has 1 nitrogen and oxygen atoms in total. The van der Waals surface area contributed by atoms with Crippen LogP contribution in [0.25, 0.3) is 0 Å². The molecule has 0 bridgehead atoms. The van der Waals surface area contributed by atoms with Crippen molar-refractivity contribution in [3.05, 3.63) is 69.7 Å². The van der Waals surface area contributed by atoms with Gasteiger partial charge < -0.3 is 5.32 Å². The Balaban J connectivity index is 1.84. The summed E-state index contributed by atoms with van der Waals surface area (Å²) < 4.78 is 1.13. The molecule has 1 unspecified atom stereocenters. The van der Waals surface area contributed by atoms with E-state index in [-0.39, 0.29) is 5.54 Å². The van der Waals surface area contributed by atoms with E-state index < -0.39 is 0 Å². The number of hydrogen-bond donors (Lipinski definition) is 1. The van der Waals surface area contributed by atoms with Crippen LogP contribution in [0.1, 0.15) is 49.4 Å². The fourth-order valence-corrected chi connectivity index (χ4v) is 3.55. The lowest BCUT2D eigenvalue weighted by Crippen LogP contribution is -2.40. The summed E-state index contributed by atoms with van der Waals surface area (Å²) >= 11 is 3.51. The molecule has 0 saturated carbocycles. The van der Waals surface area contributed by atoms with E-state index in [0.717, 1.165) is 4.47 Å². The first-order valence-electron chi connectivity index (χ1n) is 7.68. The number of benzene rings is 2. The molecule has 0 heterocycles. The van der Waals surface area contributed by atoms with Crippen molar-refractivity contribution in [1.29, 1.82) is 0 Å². The molecule has 0 amide bonds. The largest absolute Gasteiger partial charge is 0.301 e. The molecule has 1 N–H and O–H groups in total. The molecule has 0 spiro atoms. The molecule has 1 atom stereocenters. The molecule has 0 fully saturated rings. The highest BCUT2D eigenvalue weighted by Crippen LogP contribution is 2.33. The van der Waals surface area contributed by atoms with Gasteiger partial charge in [0.05, 0.1) is 0 Å². The summed E-state index contributed by atoms with van der Waals surface area (Å²) in [6.45, 7) is 4.54. The maximum absolute atomic E-state index is 3.87. The van der Waals surface area contributed by atoms with E-state index in [1.165, 1.54) is 36.0 Å². The molecule has 0 aromatic heterocycles. The number of aryl methyl sites for hydroxylation is 1. The van der Waals surface area contributed by atoms with E-state index in [9.17, 15) is 0 Å². The van der Waals surface area contributed by atoms with Crippen LogP contribution in [0, 0.1) is 0 Å². The van der Waals surface area contributed by atoms with Gasteiger partial charge in [-0.1, -0.05) is 52.3 Å². The summed E-state index contributed by atoms with van der Waals surface area (Å²) in [5, 5.41) is 3.87. The summed E-state index contributed by atoms with van der Waals surface area (Å²) in [5.41, 5.74) is 4.28. The smallest absolute Gasteiger partial charge is 0.0382 e. The molecular formula is C19H22BrN. The van der Waals surface area contributed by atoms with Gasteiger partial charge in [0.15, 0.2) is 0 Å². The van der Waals surface area contributed by atoms with Crippen LogP contribution in [0.3, 0.4) is 0 Å². The Morgan fingerprint density at radius 1 is 1.05 bits per heavy atom. The van der Waals surface area contributed by atoms with Gasteiger partial charge in [0.1, 0.15) is 0 Å². The SMILES string of the molecule is CC(C)(NC1CCCc2ccccc21)c1ccc(Br)cc1. The van der Waals surface area contributed by atoms with Crippen LogP contribution >= 0.6 is 15.9 Å². The van der Waals surface area contributed by atoms with Gasteiger partial charge in [0, 0.05) is 16.1 Å². The predicted molar refractivity (Wildman–Crippen MR) is 92.4 cm³/mol. The third-order valence-electron chi connectivity index (χ3n) is 4.47. The summed E-state index contributed by atoms with van der Waals surface area (Å²) in [6.07, 6.45) is 3.70. The topological polar surface area (TPSA) is 12.0 Å². The van der Waals surface area contributed by atoms with E-state index in [0.29, 0.717) is 6.04 Å². The first kappa shape index (κ1) is 14.8. The van der Waals surface area contributed by atoms with Crippen molar-refractivity contribution in [3.8, 4) is 0 Å². The quantitative estimate of drug-likeness (QED) is 0.791. The van der Waals surface area contributed by atoms with Crippen molar-refractivity contribution in [2.24, 2.45) is 0 Å². The highest BCUT2D eigenvalue weighted by atomic mass is 79.9. The number of fused-ring (bicyclic) bond motifs is 1. The van der Waals surface area contributed by atoms with Gasteiger partial charge in [-0.15, -0.1) is 0 Å². The normalized spacial score (nSPS) is 18.3. The van der Waals surface area contributed by atoms with Gasteiger partial charge in [0.25, 0.3) is 0 Å². The van der Waals surface area contributed by atoms with Gasteiger partial charge in [-0.25, -0.2) is 0 Å². The fraction of sp³-hybridized carbons (Fsp3) is 0.368. The lowest BCUT2D eigenvalue weighted by molar-refractivity contribution is 0.319. The van der Waals surface area contributed by atoms with Crippen LogP contribution in [-0.4, -0.2) is 0 Å². The average Bonchev–Trinajstić information content (AvgIpc) is 2.48. The second kappa shape index (κ2) is 5.94. The zero-order valence-electron chi connectivity index (χ0n) is 12.7. The molecule has 110 valence electrons. The molecule has 1 aliphatic rings. The van der Waals surface area contributed by atoms with Crippen molar-refractivity contribution >= 4 is 15.9 Å². The Bertz CT molecular complexity index is 616. The Morgan fingerprint density at radius 3 is 2.52 bits per heavy atom. The number of hydrogen-bond acceptors (Lipinski definition) is 1. The summed E-state index contributed by atoms with van der Waals surface area (Å²) in [6, 6.07) is 18.0. The molecule has 21 heavy (non-hydrogen) atoms. The third-order valence-corrected chi connectivity index (χ3v) is 5.00. The van der Waals surface area contributed by atoms with E-state index in [4.69, 9.17) is 0 Å². The Hall–Kier alpha value is -1.12. The van der Waals surface area contributed by atoms with E-state index in [1.54, 1.807) is 0 Å². The monoisotopic (exact) mass is 343 g/mol. The number of nitrogens with one attached hydrogen (secondary N) is 1. The van der Waals surface area contributed by atoms with Crippen molar-refractivity contribution in [3.63, 3.8) is 0 Å². The van der Waals surface area contributed by atoms with Gasteiger partial charge in [-0.2, -0.15) is 0 Å². The zero-order valence-corrected chi connectivity index (χ0v) is 14.3. The molecule has 0 saturated heterocycles. The first-order valence-corrected chi connectivity index (χ1v) is 8.47. The summed E-state index contributed by atoms with van der Waals surface area (Å²) in [7, 11) is 0. The molecule has 0 radical (unpaired) electrons. The highest BCUT2D eigenvalue weighted by molar-refractivity contribution is 9.10. The average molecular weight is 344 g/mol. The van der Waals surface area contributed by atoms with Crippen LogP contribution in [-0.2, 0) is 12.0 Å². The van der Waals surface area contributed by atoms with E-state index >= 15 is 0 Å². The van der Waals surface area contributed by atoms with Gasteiger partial charge in [0.2, 0.25) is 0 Å². The first-order chi connectivity index (χ1) is 10.1. The van der Waals surface area contributed by atoms with E-state index in [1.807, 2.05) is 0 Å². The van der Waals surface area contributed by atoms with Crippen LogP contribution < -0.4 is 5.32 Å². The fourth-order valence-electron chi connectivity index (χ4n) is 3.29. The van der Waals surface area contributed by atoms with Gasteiger partial charge in [-0.3, -0.25) is 0 Å². The Kier molecular flexibility index (Phi) is 4.19. The molecule has 0 aliphatic heterocycles. The van der Waals surface area contributed by atoms with E-state index in [2.05, 4.69) is 83.6 Å². The van der Waals surface area contributed by atoms with Crippen LogP contribution in [0.5, 0.6) is 0 Å². The minimum absolute atomic E-state index is 0.0319. The zero-order chi connectivity index (χ0) is 14.9. The Labute approximate surface area is 135 Å². The summed E-state index contributed by atoms with van der Waals surface area (Å²) in [5.74, 6) is 0. The summed E-state index contributed by atoms with van der Waals surface area (Å²) in [4.78, 5) is 0. The van der Waals surface area contributed by atoms with Crippen molar-refractivity contribution in [2.75, 3.05) is 0 Å². The molecule has 2 heteroatoms. The molecule has 1 aliphatic carbocycles. The third kappa shape index (κ3) is 3.22.